The molecule has 2 atom stereocenters. The second-order valence-electron chi connectivity index (χ2n) is 6.14. The Morgan fingerprint density at radius 3 is 2.47 bits per heavy atom. The number of nitrogens with one attached hydrogen (secondary N) is 1. The van der Waals surface area contributed by atoms with Crippen molar-refractivity contribution in [1.29, 1.82) is 0 Å². The van der Waals surface area contributed by atoms with E-state index >= 15 is 0 Å². The lowest BCUT2D eigenvalue weighted by Gasteiger charge is -2.40. The van der Waals surface area contributed by atoms with Crippen LogP contribution < -0.4 is 5.32 Å². The monoisotopic (exact) mass is 258 g/mol. The molecule has 2 aliphatic carbocycles. The molecular weight excluding hydrogens is 232 g/mol. The zero-order valence-corrected chi connectivity index (χ0v) is 12.0. The molecule has 0 amide bonds. The van der Waals surface area contributed by atoms with Crippen molar-refractivity contribution in [3.63, 3.8) is 0 Å². The Bertz CT molecular complexity index is 386. The molecule has 1 N–H and O–H groups in total. The van der Waals surface area contributed by atoms with E-state index < -0.39 is 0 Å². The highest BCUT2D eigenvalue weighted by Gasteiger charge is 2.37. The summed E-state index contributed by atoms with van der Waals surface area (Å²) in [5.74, 6) is 0. The zero-order valence-electron chi connectivity index (χ0n) is 12.0. The molecule has 0 saturated heterocycles. The minimum absolute atomic E-state index is 0.693. The van der Waals surface area contributed by atoms with Crippen molar-refractivity contribution in [3.05, 3.63) is 35.9 Å². The number of likely N-dealkylation sites (N-methyl/N-ethyl adjacent to an activating group) is 1. The van der Waals surface area contributed by atoms with Crippen LogP contribution in [0.2, 0.25) is 0 Å². The lowest BCUT2D eigenvalue weighted by molar-refractivity contribution is 0.109. The van der Waals surface area contributed by atoms with E-state index in [4.69, 9.17) is 0 Å². The molecule has 1 aromatic carbocycles. The first-order valence-electron chi connectivity index (χ1n) is 7.85. The average molecular weight is 258 g/mol. The minimum Gasteiger partial charge on any atom is -0.315 e. The molecule has 2 heteroatoms. The van der Waals surface area contributed by atoms with Crippen molar-refractivity contribution in [2.45, 2.75) is 63.2 Å². The summed E-state index contributed by atoms with van der Waals surface area (Å²) in [5.41, 5.74) is 1.47. The molecule has 2 nitrogen and oxygen atoms in total. The van der Waals surface area contributed by atoms with Gasteiger partial charge in [-0.15, -0.1) is 0 Å². The molecule has 2 fully saturated rings. The summed E-state index contributed by atoms with van der Waals surface area (Å²) in [5, 5.41) is 3.56. The number of hydrogen-bond donors (Lipinski definition) is 1. The Labute approximate surface area is 117 Å². The van der Waals surface area contributed by atoms with Gasteiger partial charge < -0.3 is 5.32 Å². The summed E-state index contributed by atoms with van der Waals surface area (Å²) in [6, 6.07) is 13.3. The van der Waals surface area contributed by atoms with Crippen LogP contribution in [0, 0.1) is 0 Å². The van der Waals surface area contributed by atoms with Gasteiger partial charge in [-0.1, -0.05) is 43.2 Å². The highest BCUT2D eigenvalue weighted by molar-refractivity contribution is 5.15. The van der Waals surface area contributed by atoms with Gasteiger partial charge in [0.1, 0.15) is 0 Å². The fourth-order valence-electron chi connectivity index (χ4n) is 3.56. The molecule has 2 aliphatic rings. The van der Waals surface area contributed by atoms with Crippen LogP contribution in [0.1, 0.15) is 44.1 Å². The molecule has 104 valence electrons. The van der Waals surface area contributed by atoms with Crippen molar-refractivity contribution in [1.82, 2.24) is 10.2 Å². The van der Waals surface area contributed by atoms with Gasteiger partial charge in [0.15, 0.2) is 0 Å². The number of rotatable bonds is 5. The first-order chi connectivity index (χ1) is 9.38. The molecule has 0 aromatic heterocycles. The largest absolute Gasteiger partial charge is 0.315 e. The summed E-state index contributed by atoms with van der Waals surface area (Å²) in [7, 11) is 2.14. The summed E-state index contributed by atoms with van der Waals surface area (Å²) in [4.78, 5) is 2.79. The van der Waals surface area contributed by atoms with Crippen LogP contribution in [-0.2, 0) is 6.54 Å². The normalized spacial score (nSPS) is 27.7. The maximum atomic E-state index is 3.56. The molecule has 19 heavy (non-hydrogen) atoms. The molecule has 2 saturated carbocycles. The van der Waals surface area contributed by atoms with E-state index in [1.54, 1.807) is 0 Å². The zero-order chi connectivity index (χ0) is 13.1. The van der Waals surface area contributed by atoms with Gasteiger partial charge in [0.25, 0.3) is 0 Å². The van der Waals surface area contributed by atoms with Crippen molar-refractivity contribution in [3.8, 4) is 0 Å². The van der Waals surface area contributed by atoms with E-state index in [-0.39, 0.29) is 0 Å². The molecule has 0 radical (unpaired) electrons. The highest BCUT2D eigenvalue weighted by Crippen LogP contribution is 2.35. The molecular formula is C17H26N2. The van der Waals surface area contributed by atoms with Crippen LogP contribution >= 0.6 is 0 Å². The Morgan fingerprint density at radius 1 is 1.05 bits per heavy atom. The Kier molecular flexibility index (Phi) is 4.19. The van der Waals surface area contributed by atoms with Gasteiger partial charge in [-0.3, -0.25) is 4.90 Å². The smallest absolute Gasteiger partial charge is 0.0255 e. The van der Waals surface area contributed by atoms with Crippen molar-refractivity contribution >= 4 is 0 Å². The highest BCUT2D eigenvalue weighted by atomic mass is 15.2. The summed E-state index contributed by atoms with van der Waals surface area (Å²) in [6.45, 7) is 1.13. The molecule has 0 unspecified atom stereocenters. The fourth-order valence-corrected chi connectivity index (χ4v) is 3.56. The topological polar surface area (TPSA) is 15.3 Å². The number of hydrogen-bond acceptors (Lipinski definition) is 2. The third-order valence-corrected chi connectivity index (χ3v) is 4.75. The van der Waals surface area contributed by atoms with Gasteiger partial charge in [0.05, 0.1) is 0 Å². The summed E-state index contributed by atoms with van der Waals surface area (Å²) < 4.78 is 0. The molecule has 0 bridgehead atoms. The van der Waals surface area contributed by atoms with E-state index in [9.17, 15) is 0 Å². The van der Waals surface area contributed by atoms with Crippen LogP contribution in [-0.4, -0.2) is 30.1 Å². The minimum atomic E-state index is 0.693. The summed E-state index contributed by atoms with van der Waals surface area (Å²) >= 11 is 0. The number of benzene rings is 1. The second-order valence-corrected chi connectivity index (χ2v) is 6.14. The SMILES string of the molecule is CN[C@H]1CCCC[C@H]1N(Cc1ccccc1)C1CC1. The third-order valence-electron chi connectivity index (χ3n) is 4.75. The van der Waals surface area contributed by atoms with Crippen molar-refractivity contribution in [2.24, 2.45) is 0 Å². The van der Waals surface area contributed by atoms with Crippen LogP contribution in [0.25, 0.3) is 0 Å². The molecule has 3 rings (SSSR count). The van der Waals surface area contributed by atoms with Crippen molar-refractivity contribution < 1.29 is 0 Å². The lowest BCUT2D eigenvalue weighted by atomic mass is 9.88. The van der Waals surface area contributed by atoms with E-state index in [1.807, 2.05) is 0 Å². The van der Waals surface area contributed by atoms with Crippen LogP contribution in [0.4, 0.5) is 0 Å². The van der Waals surface area contributed by atoms with Gasteiger partial charge in [-0.05, 0) is 38.3 Å². The Balaban J connectivity index is 1.73. The van der Waals surface area contributed by atoms with E-state index in [0.717, 1.165) is 18.6 Å². The van der Waals surface area contributed by atoms with Gasteiger partial charge in [-0.2, -0.15) is 0 Å². The van der Waals surface area contributed by atoms with E-state index in [2.05, 4.69) is 47.6 Å². The summed E-state index contributed by atoms with van der Waals surface area (Å²) in [6.07, 6.45) is 8.32. The first kappa shape index (κ1) is 13.1. The average Bonchev–Trinajstić information content (AvgIpc) is 3.30. The van der Waals surface area contributed by atoms with E-state index in [0.29, 0.717) is 6.04 Å². The van der Waals surface area contributed by atoms with Crippen molar-refractivity contribution in [2.75, 3.05) is 7.05 Å². The standard InChI is InChI=1S/C17H26N2/c1-18-16-9-5-6-10-17(16)19(15-11-12-15)13-14-7-3-2-4-8-14/h2-4,7-8,15-18H,5-6,9-13H2,1H3/t16-,17+/m0/s1. The molecule has 0 spiro atoms. The van der Waals surface area contributed by atoms with Crippen LogP contribution in [0.3, 0.4) is 0 Å². The quantitative estimate of drug-likeness (QED) is 0.872. The predicted octanol–water partition coefficient (Wildman–Crippen LogP) is 3.18. The Morgan fingerprint density at radius 2 is 1.79 bits per heavy atom. The van der Waals surface area contributed by atoms with E-state index in [1.165, 1.54) is 44.1 Å². The molecule has 1 aromatic rings. The second kappa shape index (κ2) is 6.06. The first-order valence-corrected chi connectivity index (χ1v) is 7.85. The maximum absolute atomic E-state index is 3.56. The lowest BCUT2D eigenvalue weighted by Crippen LogP contribution is -2.51. The molecule has 0 aliphatic heterocycles. The van der Waals surface area contributed by atoms with Gasteiger partial charge in [0, 0.05) is 24.7 Å². The van der Waals surface area contributed by atoms with Gasteiger partial charge in [0.2, 0.25) is 0 Å². The fraction of sp³-hybridized carbons (Fsp3) is 0.647. The predicted molar refractivity (Wildman–Crippen MR) is 80.1 cm³/mol. The van der Waals surface area contributed by atoms with Crippen LogP contribution in [0.5, 0.6) is 0 Å². The third kappa shape index (κ3) is 3.18. The molecule has 0 heterocycles. The van der Waals surface area contributed by atoms with Crippen LogP contribution in [0.15, 0.2) is 30.3 Å². The maximum Gasteiger partial charge on any atom is 0.0255 e. The van der Waals surface area contributed by atoms with Gasteiger partial charge in [-0.25, -0.2) is 0 Å². The number of nitrogens with zero attached hydrogens (tertiary/aromatic N) is 1. The van der Waals surface area contributed by atoms with Gasteiger partial charge >= 0.3 is 0 Å². The Hall–Kier alpha value is -0.860.